The Morgan fingerprint density at radius 2 is 2.25 bits per heavy atom. The van der Waals surface area contributed by atoms with Gasteiger partial charge in [0.05, 0.1) is 30.3 Å². The number of fused-ring (bicyclic) bond motifs is 1. The molecule has 104 valence electrons. The number of methoxy groups -OCH3 is 1. The number of nitrogens with zero attached hydrogens (tertiary/aromatic N) is 4. The highest BCUT2D eigenvalue weighted by molar-refractivity contribution is 9.10. The highest BCUT2D eigenvalue weighted by atomic mass is 79.9. The van der Waals surface area contributed by atoms with Gasteiger partial charge in [0.25, 0.3) is 0 Å². The molecule has 0 aliphatic heterocycles. The number of rotatable bonds is 6. The molecule has 0 aromatic carbocycles. The molecule has 0 saturated carbocycles. The Kier molecular flexibility index (Phi) is 5.27. The first kappa shape index (κ1) is 14.7. The standard InChI is InChI=1S/C14H15BrN4O/c1-20-8-7-19(6-2-4-16)13-3-5-17-12-9-11(15)10-18-14(12)13/h3,5,9-10H,2,6-8H2,1H3. The van der Waals surface area contributed by atoms with Crippen LogP contribution in [0.1, 0.15) is 6.42 Å². The van der Waals surface area contributed by atoms with Crippen molar-refractivity contribution in [1.82, 2.24) is 9.97 Å². The van der Waals surface area contributed by atoms with E-state index in [1.54, 1.807) is 19.5 Å². The molecule has 0 atom stereocenters. The zero-order valence-electron chi connectivity index (χ0n) is 11.2. The van der Waals surface area contributed by atoms with Gasteiger partial charge in [-0.25, -0.2) is 0 Å². The molecule has 0 radical (unpaired) electrons. The number of halogens is 1. The molecule has 2 heterocycles. The van der Waals surface area contributed by atoms with E-state index in [1.807, 2.05) is 12.1 Å². The maximum atomic E-state index is 8.80. The summed E-state index contributed by atoms with van der Waals surface area (Å²) in [6.45, 7) is 1.97. The van der Waals surface area contributed by atoms with Crippen molar-refractivity contribution in [2.45, 2.75) is 6.42 Å². The average molecular weight is 335 g/mol. The molecule has 0 amide bonds. The van der Waals surface area contributed by atoms with Crippen LogP contribution in [0.3, 0.4) is 0 Å². The smallest absolute Gasteiger partial charge is 0.112 e. The Morgan fingerprint density at radius 1 is 1.40 bits per heavy atom. The first-order chi connectivity index (χ1) is 9.76. The summed E-state index contributed by atoms with van der Waals surface area (Å²) < 4.78 is 6.04. The third-order valence-electron chi connectivity index (χ3n) is 2.92. The fourth-order valence-corrected chi connectivity index (χ4v) is 2.30. The molecule has 0 saturated heterocycles. The number of anilines is 1. The Hall–Kier alpha value is -1.71. The maximum absolute atomic E-state index is 8.80. The molecule has 2 aromatic rings. The summed E-state index contributed by atoms with van der Waals surface area (Å²) in [5.74, 6) is 0. The number of pyridine rings is 2. The lowest BCUT2D eigenvalue weighted by molar-refractivity contribution is 0.205. The second kappa shape index (κ2) is 7.17. The summed E-state index contributed by atoms with van der Waals surface area (Å²) in [5.41, 5.74) is 2.65. The van der Waals surface area contributed by atoms with Crippen LogP contribution in [-0.2, 0) is 4.74 Å². The van der Waals surface area contributed by atoms with E-state index in [1.165, 1.54) is 0 Å². The van der Waals surface area contributed by atoms with Crippen molar-refractivity contribution >= 4 is 32.7 Å². The summed E-state index contributed by atoms with van der Waals surface area (Å²) in [4.78, 5) is 10.9. The van der Waals surface area contributed by atoms with Gasteiger partial charge < -0.3 is 9.64 Å². The van der Waals surface area contributed by atoms with Crippen molar-refractivity contribution in [3.63, 3.8) is 0 Å². The fourth-order valence-electron chi connectivity index (χ4n) is 1.99. The number of ether oxygens (including phenoxy) is 1. The summed E-state index contributed by atoms with van der Waals surface area (Å²) in [6.07, 6.45) is 3.98. The molecule has 0 N–H and O–H groups in total. The molecular weight excluding hydrogens is 320 g/mol. The van der Waals surface area contributed by atoms with Gasteiger partial charge in [-0.15, -0.1) is 0 Å². The van der Waals surface area contributed by atoms with Crippen molar-refractivity contribution in [1.29, 1.82) is 5.26 Å². The minimum absolute atomic E-state index is 0.462. The predicted molar refractivity (Wildman–Crippen MR) is 81.6 cm³/mol. The van der Waals surface area contributed by atoms with Crippen LogP contribution in [0.4, 0.5) is 5.69 Å². The van der Waals surface area contributed by atoms with E-state index < -0.39 is 0 Å². The van der Waals surface area contributed by atoms with Crippen LogP contribution in [0.15, 0.2) is 29.0 Å². The lowest BCUT2D eigenvalue weighted by Crippen LogP contribution is -2.28. The number of nitriles is 1. The molecule has 0 aliphatic carbocycles. The van der Waals surface area contributed by atoms with E-state index in [9.17, 15) is 0 Å². The molecule has 2 rings (SSSR count). The maximum Gasteiger partial charge on any atom is 0.112 e. The first-order valence-corrected chi connectivity index (χ1v) is 7.06. The lowest BCUT2D eigenvalue weighted by Gasteiger charge is -2.24. The summed E-state index contributed by atoms with van der Waals surface area (Å²) in [6, 6.07) is 6.04. The molecule has 20 heavy (non-hydrogen) atoms. The number of hydrogen-bond acceptors (Lipinski definition) is 5. The Morgan fingerprint density at radius 3 is 3.00 bits per heavy atom. The van der Waals surface area contributed by atoms with Gasteiger partial charge in [-0.1, -0.05) is 0 Å². The average Bonchev–Trinajstić information content (AvgIpc) is 2.47. The predicted octanol–water partition coefficient (Wildman–Crippen LogP) is 2.76. The van der Waals surface area contributed by atoms with Crippen LogP contribution < -0.4 is 4.90 Å². The van der Waals surface area contributed by atoms with Crippen LogP contribution >= 0.6 is 15.9 Å². The van der Waals surface area contributed by atoms with Gasteiger partial charge in [-0.2, -0.15) is 5.26 Å². The molecule has 0 bridgehead atoms. The van der Waals surface area contributed by atoms with Gasteiger partial charge in [0.1, 0.15) is 5.52 Å². The van der Waals surface area contributed by atoms with Gasteiger partial charge in [0.15, 0.2) is 0 Å². The van der Waals surface area contributed by atoms with Crippen LogP contribution in [0.2, 0.25) is 0 Å². The van der Waals surface area contributed by atoms with Crippen LogP contribution in [0.25, 0.3) is 11.0 Å². The normalized spacial score (nSPS) is 10.4. The van der Waals surface area contributed by atoms with Gasteiger partial charge in [0, 0.05) is 37.1 Å². The van der Waals surface area contributed by atoms with Crippen LogP contribution in [0, 0.1) is 11.3 Å². The van der Waals surface area contributed by atoms with E-state index in [4.69, 9.17) is 10.00 Å². The first-order valence-electron chi connectivity index (χ1n) is 6.27. The zero-order chi connectivity index (χ0) is 14.4. The summed E-state index contributed by atoms with van der Waals surface area (Å²) in [5, 5.41) is 8.80. The van der Waals surface area contributed by atoms with Crippen molar-refractivity contribution in [3.8, 4) is 6.07 Å². The molecule has 5 nitrogen and oxygen atoms in total. The molecule has 0 fully saturated rings. The second-order valence-electron chi connectivity index (χ2n) is 4.24. The zero-order valence-corrected chi connectivity index (χ0v) is 12.8. The van der Waals surface area contributed by atoms with E-state index in [-0.39, 0.29) is 0 Å². The fraction of sp³-hybridized carbons (Fsp3) is 0.357. The largest absolute Gasteiger partial charge is 0.383 e. The summed E-state index contributed by atoms with van der Waals surface area (Å²) in [7, 11) is 1.67. The molecular formula is C14H15BrN4O. The third kappa shape index (κ3) is 3.44. The van der Waals surface area contributed by atoms with Gasteiger partial charge >= 0.3 is 0 Å². The van der Waals surface area contributed by atoms with Gasteiger partial charge in [-0.05, 0) is 28.1 Å². The Labute approximate surface area is 126 Å². The van der Waals surface area contributed by atoms with Gasteiger partial charge in [0.2, 0.25) is 0 Å². The second-order valence-corrected chi connectivity index (χ2v) is 5.15. The highest BCUT2D eigenvalue weighted by Crippen LogP contribution is 2.25. The van der Waals surface area contributed by atoms with E-state index in [0.29, 0.717) is 19.6 Å². The van der Waals surface area contributed by atoms with E-state index in [0.717, 1.165) is 27.7 Å². The molecule has 0 unspecified atom stereocenters. The summed E-state index contributed by atoms with van der Waals surface area (Å²) >= 11 is 3.40. The SMILES string of the molecule is COCCN(CCC#N)c1ccnc2cc(Br)cnc12. The van der Waals surface area contributed by atoms with Crippen molar-refractivity contribution in [2.75, 3.05) is 31.7 Å². The van der Waals surface area contributed by atoms with Crippen molar-refractivity contribution in [3.05, 3.63) is 29.0 Å². The molecule has 0 aliphatic rings. The molecule has 0 spiro atoms. The van der Waals surface area contributed by atoms with E-state index >= 15 is 0 Å². The topological polar surface area (TPSA) is 62.0 Å². The highest BCUT2D eigenvalue weighted by Gasteiger charge is 2.11. The minimum Gasteiger partial charge on any atom is -0.383 e. The third-order valence-corrected chi connectivity index (χ3v) is 3.36. The number of aromatic nitrogens is 2. The van der Waals surface area contributed by atoms with Crippen LogP contribution in [0.5, 0.6) is 0 Å². The monoisotopic (exact) mass is 334 g/mol. The minimum atomic E-state index is 0.462. The Balaban J connectivity index is 2.38. The molecule has 2 aromatic heterocycles. The van der Waals surface area contributed by atoms with Crippen LogP contribution in [-0.4, -0.2) is 36.8 Å². The van der Waals surface area contributed by atoms with Crippen molar-refractivity contribution in [2.24, 2.45) is 0 Å². The number of hydrogen-bond donors (Lipinski definition) is 0. The molecule has 6 heteroatoms. The lowest BCUT2D eigenvalue weighted by atomic mass is 10.2. The Bertz CT molecular complexity index is 626. The quantitative estimate of drug-likeness (QED) is 0.812. The van der Waals surface area contributed by atoms with Gasteiger partial charge in [-0.3, -0.25) is 9.97 Å². The van der Waals surface area contributed by atoms with E-state index in [2.05, 4.69) is 36.9 Å². The van der Waals surface area contributed by atoms with Crippen molar-refractivity contribution < 1.29 is 4.74 Å².